The number of morpholine rings is 1. The van der Waals surface area contributed by atoms with Gasteiger partial charge in [0, 0.05) is 20.1 Å². The van der Waals surface area contributed by atoms with Crippen LogP contribution in [0, 0.1) is 0 Å². The molecule has 0 aliphatic carbocycles. The van der Waals surface area contributed by atoms with Gasteiger partial charge in [0.2, 0.25) is 0 Å². The maximum atomic E-state index is 12.7. The number of imide groups is 1. The molecule has 5 nitrogen and oxygen atoms in total. The minimum Gasteiger partial charge on any atom is -0.378 e. The lowest BCUT2D eigenvalue weighted by molar-refractivity contribution is 0.0693. The SMILES string of the molecule is CN1C(=O)c2c(-c3ccccc3)ccc(N3CCOCC3)c2C1=O. The molecule has 2 aliphatic heterocycles. The number of ether oxygens (including phenoxy) is 1. The third-order valence-corrected chi connectivity index (χ3v) is 4.66. The van der Waals surface area contributed by atoms with Crippen molar-refractivity contribution in [1.29, 1.82) is 0 Å². The summed E-state index contributed by atoms with van der Waals surface area (Å²) in [6.45, 7) is 2.71. The van der Waals surface area contributed by atoms with Gasteiger partial charge >= 0.3 is 0 Å². The molecule has 122 valence electrons. The fourth-order valence-electron chi connectivity index (χ4n) is 3.38. The summed E-state index contributed by atoms with van der Waals surface area (Å²) in [7, 11) is 1.54. The molecule has 1 saturated heterocycles. The highest BCUT2D eigenvalue weighted by atomic mass is 16.5. The van der Waals surface area contributed by atoms with Gasteiger partial charge in [-0.2, -0.15) is 0 Å². The number of nitrogens with zero attached hydrogens (tertiary/aromatic N) is 2. The molecule has 4 rings (SSSR count). The zero-order valence-corrected chi connectivity index (χ0v) is 13.5. The van der Waals surface area contributed by atoms with Crippen molar-refractivity contribution in [3.63, 3.8) is 0 Å². The molecule has 0 saturated carbocycles. The summed E-state index contributed by atoms with van der Waals surface area (Å²) in [4.78, 5) is 28.7. The van der Waals surface area contributed by atoms with Crippen LogP contribution in [0.25, 0.3) is 11.1 Å². The van der Waals surface area contributed by atoms with E-state index in [0.29, 0.717) is 24.3 Å². The molecule has 1 fully saturated rings. The van der Waals surface area contributed by atoms with Crippen LogP contribution in [0.15, 0.2) is 42.5 Å². The summed E-state index contributed by atoms with van der Waals surface area (Å²) >= 11 is 0. The Kier molecular flexibility index (Phi) is 3.58. The van der Waals surface area contributed by atoms with E-state index in [0.717, 1.165) is 29.9 Å². The third kappa shape index (κ3) is 2.20. The molecule has 5 heteroatoms. The molecule has 0 aromatic heterocycles. The molecular weight excluding hydrogens is 304 g/mol. The van der Waals surface area contributed by atoms with Gasteiger partial charge in [-0.15, -0.1) is 0 Å². The summed E-state index contributed by atoms with van der Waals surface area (Å²) in [5.74, 6) is -0.460. The number of carbonyl (C=O) groups excluding carboxylic acids is 2. The lowest BCUT2D eigenvalue weighted by Gasteiger charge is -2.30. The van der Waals surface area contributed by atoms with Crippen LogP contribution < -0.4 is 4.90 Å². The fraction of sp³-hybridized carbons (Fsp3) is 0.263. The van der Waals surface area contributed by atoms with E-state index in [-0.39, 0.29) is 11.8 Å². The first-order chi connectivity index (χ1) is 11.7. The molecular formula is C19H18N2O3. The smallest absolute Gasteiger partial charge is 0.263 e. The van der Waals surface area contributed by atoms with Crippen molar-refractivity contribution in [2.45, 2.75) is 0 Å². The second kappa shape index (κ2) is 5.76. The summed E-state index contributed by atoms with van der Waals surface area (Å²) in [6, 6.07) is 13.6. The lowest BCUT2D eigenvalue weighted by Crippen LogP contribution is -2.37. The van der Waals surface area contributed by atoms with Crippen LogP contribution in [-0.2, 0) is 4.74 Å². The molecule has 24 heavy (non-hydrogen) atoms. The topological polar surface area (TPSA) is 49.9 Å². The third-order valence-electron chi connectivity index (χ3n) is 4.66. The van der Waals surface area contributed by atoms with E-state index in [1.807, 2.05) is 42.5 Å². The number of carbonyl (C=O) groups is 2. The van der Waals surface area contributed by atoms with Crippen molar-refractivity contribution in [3.05, 3.63) is 53.6 Å². The van der Waals surface area contributed by atoms with Crippen molar-refractivity contribution >= 4 is 17.5 Å². The number of amides is 2. The Bertz CT molecular complexity index is 811. The Balaban J connectivity index is 1.91. The van der Waals surface area contributed by atoms with E-state index >= 15 is 0 Å². The number of anilines is 1. The summed E-state index contributed by atoms with van der Waals surface area (Å²) in [5, 5.41) is 0. The van der Waals surface area contributed by atoms with Crippen molar-refractivity contribution in [1.82, 2.24) is 4.90 Å². The highest BCUT2D eigenvalue weighted by Crippen LogP contribution is 2.38. The van der Waals surface area contributed by atoms with Crippen molar-refractivity contribution in [3.8, 4) is 11.1 Å². The van der Waals surface area contributed by atoms with Crippen molar-refractivity contribution in [2.24, 2.45) is 0 Å². The first-order valence-electron chi connectivity index (χ1n) is 8.06. The highest BCUT2D eigenvalue weighted by Gasteiger charge is 2.38. The van der Waals surface area contributed by atoms with Gasteiger partial charge in [-0.05, 0) is 17.2 Å². The van der Waals surface area contributed by atoms with Crippen LogP contribution in [0.2, 0.25) is 0 Å². The summed E-state index contributed by atoms with van der Waals surface area (Å²) < 4.78 is 5.40. The molecule has 0 bridgehead atoms. The first-order valence-corrected chi connectivity index (χ1v) is 8.06. The number of fused-ring (bicyclic) bond motifs is 1. The number of hydrogen-bond donors (Lipinski definition) is 0. The summed E-state index contributed by atoms with van der Waals surface area (Å²) in [6.07, 6.45) is 0. The van der Waals surface area contributed by atoms with Crippen LogP contribution in [0.1, 0.15) is 20.7 Å². The van der Waals surface area contributed by atoms with Gasteiger partial charge in [0.1, 0.15) is 0 Å². The fourth-order valence-corrected chi connectivity index (χ4v) is 3.38. The monoisotopic (exact) mass is 322 g/mol. The Morgan fingerprint density at radius 3 is 2.25 bits per heavy atom. The minimum atomic E-state index is -0.232. The molecule has 2 aromatic rings. The maximum absolute atomic E-state index is 12.7. The first kappa shape index (κ1) is 14.9. The van der Waals surface area contributed by atoms with Gasteiger partial charge in [0.05, 0.1) is 30.0 Å². The second-order valence-electron chi connectivity index (χ2n) is 6.02. The van der Waals surface area contributed by atoms with Gasteiger partial charge in [-0.3, -0.25) is 14.5 Å². The number of hydrogen-bond acceptors (Lipinski definition) is 4. The average Bonchev–Trinajstić information content (AvgIpc) is 2.87. The van der Waals surface area contributed by atoms with Gasteiger partial charge < -0.3 is 9.64 Å². The number of rotatable bonds is 2. The number of benzene rings is 2. The zero-order valence-electron chi connectivity index (χ0n) is 13.5. The molecule has 2 aliphatic rings. The van der Waals surface area contributed by atoms with Crippen LogP contribution in [0.3, 0.4) is 0 Å². The summed E-state index contributed by atoms with van der Waals surface area (Å²) in [5.41, 5.74) is 3.61. The maximum Gasteiger partial charge on any atom is 0.263 e. The minimum absolute atomic E-state index is 0.228. The van der Waals surface area contributed by atoms with E-state index in [1.54, 1.807) is 7.05 Å². The quantitative estimate of drug-likeness (QED) is 0.797. The van der Waals surface area contributed by atoms with Gasteiger partial charge in [-0.25, -0.2) is 0 Å². The Labute approximate surface area is 140 Å². The Morgan fingerprint density at radius 1 is 0.875 bits per heavy atom. The van der Waals surface area contributed by atoms with E-state index in [4.69, 9.17) is 4.74 Å². The Morgan fingerprint density at radius 2 is 1.54 bits per heavy atom. The average molecular weight is 322 g/mol. The highest BCUT2D eigenvalue weighted by molar-refractivity contribution is 6.26. The molecule has 0 radical (unpaired) electrons. The molecule has 2 aromatic carbocycles. The van der Waals surface area contributed by atoms with Crippen LogP contribution in [0.4, 0.5) is 5.69 Å². The predicted octanol–water partition coefficient (Wildman–Crippen LogP) is 2.42. The lowest BCUT2D eigenvalue weighted by atomic mass is 9.95. The molecule has 2 heterocycles. The standard InChI is InChI=1S/C19H18N2O3/c1-20-18(22)16-14(13-5-3-2-4-6-13)7-8-15(17(16)19(20)23)21-9-11-24-12-10-21/h2-8H,9-12H2,1H3. The van der Waals surface area contributed by atoms with Crippen molar-refractivity contribution in [2.75, 3.05) is 38.3 Å². The molecule has 0 N–H and O–H groups in total. The molecule has 2 amide bonds. The molecule has 0 unspecified atom stereocenters. The van der Waals surface area contributed by atoms with E-state index in [1.165, 1.54) is 4.90 Å². The van der Waals surface area contributed by atoms with E-state index < -0.39 is 0 Å². The second-order valence-corrected chi connectivity index (χ2v) is 6.02. The van der Waals surface area contributed by atoms with Crippen LogP contribution >= 0.6 is 0 Å². The van der Waals surface area contributed by atoms with Crippen LogP contribution in [0.5, 0.6) is 0 Å². The predicted molar refractivity (Wildman–Crippen MR) is 91.3 cm³/mol. The normalized spacial score (nSPS) is 17.4. The van der Waals surface area contributed by atoms with E-state index in [9.17, 15) is 9.59 Å². The largest absolute Gasteiger partial charge is 0.378 e. The van der Waals surface area contributed by atoms with Crippen molar-refractivity contribution < 1.29 is 14.3 Å². The van der Waals surface area contributed by atoms with Gasteiger partial charge in [0.15, 0.2) is 0 Å². The molecule has 0 atom stereocenters. The van der Waals surface area contributed by atoms with E-state index in [2.05, 4.69) is 4.90 Å². The van der Waals surface area contributed by atoms with Crippen LogP contribution in [-0.4, -0.2) is 50.1 Å². The molecule has 0 spiro atoms. The zero-order chi connectivity index (χ0) is 16.7. The Hall–Kier alpha value is -2.66. The van der Waals surface area contributed by atoms with Gasteiger partial charge in [0.25, 0.3) is 11.8 Å². The van der Waals surface area contributed by atoms with Gasteiger partial charge in [-0.1, -0.05) is 36.4 Å².